The molecule has 12 heteroatoms. The van der Waals surface area contributed by atoms with E-state index in [1.165, 1.54) is 51.5 Å². The Kier molecular flexibility index (Phi) is 7.47. The lowest BCUT2D eigenvalue weighted by Gasteiger charge is -2.26. The van der Waals surface area contributed by atoms with Gasteiger partial charge < -0.3 is 14.2 Å². The maximum absolute atomic E-state index is 14.2. The van der Waals surface area contributed by atoms with Crippen molar-refractivity contribution >= 4 is 35.0 Å². The van der Waals surface area contributed by atoms with Gasteiger partial charge in [0, 0.05) is 5.02 Å². The summed E-state index contributed by atoms with van der Waals surface area (Å²) in [6.45, 7) is 1.31. The Morgan fingerprint density at radius 2 is 1.81 bits per heavy atom. The number of rotatable bonds is 6. The second-order valence-corrected chi connectivity index (χ2v) is 9.17. The molecule has 1 aliphatic rings. The topological polar surface area (TPSA) is 79.1 Å². The third kappa shape index (κ3) is 5.14. The highest BCUT2D eigenvalue weighted by atomic mass is 35.5. The SMILES string of the molecule is CCOC(=O)C1=C(C(F)(F)F)N=c2s/c(=C\c3ccc(OC)c(OC)c3)c(=O)n2[C@@H]1c1ccc(Cl)cc1. The molecule has 0 fully saturated rings. The van der Waals surface area contributed by atoms with E-state index in [9.17, 15) is 22.8 Å². The Labute approximate surface area is 217 Å². The Balaban J connectivity index is 2.01. The molecule has 2 heterocycles. The van der Waals surface area contributed by atoms with E-state index in [4.69, 9.17) is 25.8 Å². The summed E-state index contributed by atoms with van der Waals surface area (Å²) < 4.78 is 59.1. The fraction of sp³-hybridized carbons (Fsp3) is 0.240. The van der Waals surface area contributed by atoms with Crippen LogP contribution >= 0.6 is 22.9 Å². The van der Waals surface area contributed by atoms with Crippen LogP contribution in [0, 0.1) is 0 Å². The van der Waals surface area contributed by atoms with Gasteiger partial charge in [0.2, 0.25) is 0 Å². The van der Waals surface area contributed by atoms with Crippen LogP contribution in [-0.4, -0.2) is 37.5 Å². The van der Waals surface area contributed by atoms with Gasteiger partial charge in [0.15, 0.2) is 22.0 Å². The normalized spacial score (nSPS) is 15.8. The number of carbonyl (C=O) groups excluding carboxylic acids is 1. The Morgan fingerprint density at radius 1 is 1.14 bits per heavy atom. The summed E-state index contributed by atoms with van der Waals surface area (Å²) in [6.07, 6.45) is -3.47. The van der Waals surface area contributed by atoms with Gasteiger partial charge >= 0.3 is 12.1 Å². The van der Waals surface area contributed by atoms with E-state index in [-0.39, 0.29) is 21.5 Å². The first-order chi connectivity index (χ1) is 17.6. The van der Waals surface area contributed by atoms with Crippen molar-refractivity contribution in [1.29, 1.82) is 0 Å². The van der Waals surface area contributed by atoms with Crippen LogP contribution in [0.25, 0.3) is 6.08 Å². The minimum absolute atomic E-state index is 0.108. The maximum Gasteiger partial charge on any atom is 0.434 e. The number of halogens is 4. The third-order valence-electron chi connectivity index (χ3n) is 5.49. The lowest BCUT2D eigenvalue weighted by atomic mass is 9.95. The van der Waals surface area contributed by atoms with Gasteiger partial charge in [-0.3, -0.25) is 9.36 Å². The van der Waals surface area contributed by atoms with Crippen LogP contribution in [-0.2, 0) is 9.53 Å². The van der Waals surface area contributed by atoms with Crippen molar-refractivity contribution in [3.63, 3.8) is 0 Å². The Hall–Kier alpha value is -3.57. The molecule has 7 nitrogen and oxygen atoms in total. The number of allylic oxidation sites excluding steroid dienone is 1. The van der Waals surface area contributed by atoms with E-state index in [0.29, 0.717) is 22.1 Å². The molecule has 0 unspecified atom stereocenters. The number of benzene rings is 2. The van der Waals surface area contributed by atoms with Crippen molar-refractivity contribution in [2.75, 3.05) is 20.8 Å². The van der Waals surface area contributed by atoms with Gasteiger partial charge in [-0.25, -0.2) is 9.79 Å². The number of alkyl halides is 3. The van der Waals surface area contributed by atoms with Gasteiger partial charge in [-0.05, 0) is 48.4 Å². The molecule has 37 heavy (non-hydrogen) atoms. The number of methoxy groups -OCH3 is 2. The lowest BCUT2D eigenvalue weighted by Crippen LogP contribution is -2.41. The highest BCUT2D eigenvalue weighted by Crippen LogP contribution is 2.38. The van der Waals surface area contributed by atoms with Crippen molar-refractivity contribution in [3.05, 3.63) is 89.6 Å². The van der Waals surface area contributed by atoms with Crippen LogP contribution in [0.4, 0.5) is 13.2 Å². The second kappa shape index (κ2) is 10.4. The minimum atomic E-state index is -4.98. The summed E-state index contributed by atoms with van der Waals surface area (Å²) in [5.74, 6) is -0.336. The number of carbonyl (C=O) groups is 1. The average Bonchev–Trinajstić information content (AvgIpc) is 3.17. The Bertz CT molecular complexity index is 1560. The minimum Gasteiger partial charge on any atom is -0.493 e. The largest absolute Gasteiger partial charge is 0.493 e. The standard InChI is InChI=1S/C25H20ClF3N2O5S/c1-4-36-23(33)19-20(14-6-8-15(26)9-7-14)31-22(32)18(37-24(31)30-21(19)25(27,28)29)12-13-5-10-16(34-2)17(11-13)35-3/h5-12,20H,4H2,1-3H3/b18-12-/t20-/m1/s1. The molecule has 0 spiro atoms. The van der Waals surface area contributed by atoms with E-state index in [0.717, 1.165) is 15.9 Å². The molecule has 0 N–H and O–H groups in total. The third-order valence-corrected chi connectivity index (χ3v) is 6.72. The summed E-state index contributed by atoms with van der Waals surface area (Å²) >= 11 is 6.75. The van der Waals surface area contributed by atoms with Gasteiger partial charge in [0.1, 0.15) is 0 Å². The number of hydrogen-bond acceptors (Lipinski definition) is 7. The summed E-state index contributed by atoms with van der Waals surface area (Å²) in [6, 6.07) is 9.34. The van der Waals surface area contributed by atoms with Gasteiger partial charge in [-0.1, -0.05) is 41.1 Å². The zero-order valence-corrected chi connectivity index (χ0v) is 21.3. The zero-order valence-electron chi connectivity index (χ0n) is 19.8. The van der Waals surface area contributed by atoms with E-state index < -0.39 is 35.0 Å². The molecule has 0 aliphatic carbocycles. The van der Waals surface area contributed by atoms with Crippen LogP contribution in [0.3, 0.4) is 0 Å². The predicted molar refractivity (Wildman–Crippen MR) is 132 cm³/mol. The number of esters is 1. The molecular formula is C25H20ClF3N2O5S. The van der Waals surface area contributed by atoms with Crippen molar-refractivity contribution in [2.45, 2.75) is 19.1 Å². The van der Waals surface area contributed by atoms with Crippen LogP contribution in [0.2, 0.25) is 5.02 Å². The molecular weight excluding hydrogens is 533 g/mol. The number of nitrogens with zero attached hydrogens (tertiary/aromatic N) is 2. The average molecular weight is 553 g/mol. The Morgan fingerprint density at radius 3 is 2.41 bits per heavy atom. The van der Waals surface area contributed by atoms with Crippen LogP contribution in [0.15, 0.2) is 63.5 Å². The van der Waals surface area contributed by atoms with E-state index >= 15 is 0 Å². The molecule has 4 rings (SSSR count). The van der Waals surface area contributed by atoms with E-state index in [2.05, 4.69) is 4.99 Å². The quantitative estimate of drug-likeness (QED) is 0.432. The molecule has 0 radical (unpaired) electrons. The summed E-state index contributed by atoms with van der Waals surface area (Å²) in [5.41, 5.74) is -2.03. The molecule has 0 amide bonds. The molecule has 0 bridgehead atoms. The fourth-order valence-electron chi connectivity index (χ4n) is 3.89. The first-order valence-corrected chi connectivity index (χ1v) is 12.1. The lowest BCUT2D eigenvalue weighted by molar-refractivity contribution is -0.140. The molecule has 1 atom stereocenters. The zero-order chi connectivity index (χ0) is 26.9. The first kappa shape index (κ1) is 26.5. The fourth-order valence-corrected chi connectivity index (χ4v) is 5.02. The number of thiazole rings is 1. The van der Waals surface area contributed by atoms with Crippen molar-refractivity contribution in [1.82, 2.24) is 4.57 Å². The summed E-state index contributed by atoms with van der Waals surface area (Å²) in [4.78, 5) is 29.9. The highest BCUT2D eigenvalue weighted by molar-refractivity contribution is 7.07. The molecule has 1 aromatic heterocycles. The molecule has 1 aliphatic heterocycles. The van der Waals surface area contributed by atoms with Crippen molar-refractivity contribution < 1.29 is 32.2 Å². The predicted octanol–water partition coefficient (Wildman–Crippen LogP) is 4.01. The van der Waals surface area contributed by atoms with Crippen molar-refractivity contribution in [2.24, 2.45) is 4.99 Å². The summed E-state index contributed by atoms with van der Waals surface area (Å²) in [5, 5.41) is 0.335. The smallest absolute Gasteiger partial charge is 0.434 e. The van der Waals surface area contributed by atoms with Crippen LogP contribution in [0.5, 0.6) is 11.5 Å². The molecule has 0 saturated heterocycles. The van der Waals surface area contributed by atoms with E-state index in [1.807, 2.05) is 0 Å². The monoisotopic (exact) mass is 552 g/mol. The molecule has 3 aromatic rings. The molecule has 194 valence electrons. The van der Waals surface area contributed by atoms with Gasteiger partial charge in [0.05, 0.1) is 37.0 Å². The van der Waals surface area contributed by atoms with Gasteiger partial charge in [-0.2, -0.15) is 13.2 Å². The summed E-state index contributed by atoms with van der Waals surface area (Å²) in [7, 11) is 2.93. The molecule has 2 aromatic carbocycles. The van der Waals surface area contributed by atoms with Crippen LogP contribution in [0.1, 0.15) is 24.1 Å². The van der Waals surface area contributed by atoms with Crippen molar-refractivity contribution in [3.8, 4) is 11.5 Å². The number of fused-ring (bicyclic) bond motifs is 1. The van der Waals surface area contributed by atoms with E-state index in [1.54, 1.807) is 18.2 Å². The maximum atomic E-state index is 14.2. The van der Waals surface area contributed by atoms with Gasteiger partial charge in [0.25, 0.3) is 5.56 Å². The molecule has 0 saturated carbocycles. The second-order valence-electron chi connectivity index (χ2n) is 7.73. The van der Waals surface area contributed by atoms with Crippen LogP contribution < -0.4 is 24.4 Å². The number of aromatic nitrogens is 1. The van der Waals surface area contributed by atoms with Gasteiger partial charge in [-0.15, -0.1) is 0 Å². The highest BCUT2D eigenvalue weighted by Gasteiger charge is 2.45. The first-order valence-electron chi connectivity index (χ1n) is 10.9. The number of hydrogen-bond donors (Lipinski definition) is 0. The number of ether oxygens (including phenoxy) is 3.